The molecule has 0 aliphatic heterocycles. The van der Waals surface area contributed by atoms with E-state index in [1.165, 1.54) is 64.2 Å². The molecule has 0 saturated heterocycles. The summed E-state index contributed by atoms with van der Waals surface area (Å²) in [7, 11) is 0. The summed E-state index contributed by atoms with van der Waals surface area (Å²) in [6.07, 6.45) is 10.5. The summed E-state index contributed by atoms with van der Waals surface area (Å²) >= 11 is 0. The zero-order valence-electron chi connectivity index (χ0n) is 21.8. The van der Waals surface area contributed by atoms with E-state index in [-0.39, 0.29) is 17.8 Å². The Kier molecular flexibility index (Phi) is 7.05. The molecule has 1 N–H and O–H groups in total. The van der Waals surface area contributed by atoms with E-state index >= 15 is 0 Å². The quantitative estimate of drug-likeness (QED) is 0.426. The van der Waals surface area contributed by atoms with E-state index in [0.717, 1.165) is 42.9 Å². The van der Waals surface area contributed by atoms with Gasteiger partial charge in [0, 0.05) is 0 Å². The molecule has 0 spiro atoms. The van der Waals surface area contributed by atoms with Crippen molar-refractivity contribution in [2.45, 2.75) is 130 Å². The standard InChI is InChI=1S/C29H49F3O/c1-6-20-7-8-21-9-10-22-24-12-11-23(19(2)13-18-28(5,33)29(30,31)32)27(24,4)17-15-25(22)26(21,3)16-14-20/h19-25,33H,6-18H2,1-5H3/t19-,20?,21?,22?,23?,24?,25?,26?,27?,28-/m1/s1. The van der Waals surface area contributed by atoms with Crippen molar-refractivity contribution in [2.24, 2.45) is 52.3 Å². The molecule has 0 amide bonds. The lowest BCUT2D eigenvalue weighted by Gasteiger charge is -2.59. The van der Waals surface area contributed by atoms with Gasteiger partial charge in [-0.15, -0.1) is 0 Å². The molecule has 0 heterocycles. The van der Waals surface area contributed by atoms with Gasteiger partial charge >= 0.3 is 6.18 Å². The van der Waals surface area contributed by atoms with Gasteiger partial charge in [0.05, 0.1) is 0 Å². The molecular weight excluding hydrogens is 421 g/mol. The normalized spacial score (nSPS) is 46.5. The van der Waals surface area contributed by atoms with Crippen LogP contribution < -0.4 is 0 Å². The summed E-state index contributed by atoms with van der Waals surface area (Å²) in [5, 5.41) is 9.97. The van der Waals surface area contributed by atoms with E-state index in [1.807, 2.05) is 0 Å². The molecule has 4 fully saturated rings. The predicted octanol–water partition coefficient (Wildman–Crippen LogP) is 8.79. The molecule has 8 unspecified atom stereocenters. The number of alkyl halides is 3. The van der Waals surface area contributed by atoms with Crippen LogP contribution in [-0.4, -0.2) is 16.9 Å². The molecule has 4 aliphatic rings. The average Bonchev–Trinajstić information content (AvgIpc) is 3.00. The fraction of sp³-hybridized carbons (Fsp3) is 1.00. The van der Waals surface area contributed by atoms with Crippen molar-refractivity contribution >= 4 is 0 Å². The van der Waals surface area contributed by atoms with Crippen LogP contribution in [0.25, 0.3) is 0 Å². The van der Waals surface area contributed by atoms with Gasteiger partial charge in [-0.1, -0.05) is 40.5 Å². The number of hydrogen-bond acceptors (Lipinski definition) is 1. The molecule has 4 aliphatic carbocycles. The lowest BCUT2D eigenvalue weighted by Crippen LogP contribution is -2.52. The van der Waals surface area contributed by atoms with Crippen molar-refractivity contribution in [3.8, 4) is 0 Å². The number of halogens is 3. The molecule has 4 heteroatoms. The molecular formula is C29H49F3O. The van der Waals surface area contributed by atoms with Crippen molar-refractivity contribution in [1.82, 2.24) is 0 Å². The molecule has 192 valence electrons. The number of hydrogen-bond donors (Lipinski definition) is 1. The van der Waals surface area contributed by atoms with Crippen molar-refractivity contribution in [2.75, 3.05) is 0 Å². The molecule has 0 bridgehead atoms. The Hall–Kier alpha value is -0.250. The highest BCUT2D eigenvalue weighted by molar-refractivity contribution is 5.09. The summed E-state index contributed by atoms with van der Waals surface area (Å²) in [6.45, 7) is 10.6. The Labute approximate surface area is 200 Å². The SMILES string of the molecule is CCC1CCC2CCC3C(CCC4(C)C3CCC4[C@H](C)CC[C@@](C)(O)C(F)(F)F)C2(C)CC1. The first-order valence-corrected chi connectivity index (χ1v) is 14.1. The van der Waals surface area contributed by atoms with Crippen LogP contribution in [-0.2, 0) is 0 Å². The Morgan fingerprint density at radius 3 is 2.18 bits per heavy atom. The maximum absolute atomic E-state index is 13.2. The van der Waals surface area contributed by atoms with Crippen LogP contribution in [0.2, 0.25) is 0 Å². The predicted molar refractivity (Wildman–Crippen MR) is 129 cm³/mol. The van der Waals surface area contributed by atoms with E-state index < -0.39 is 11.8 Å². The monoisotopic (exact) mass is 470 g/mol. The molecule has 0 aromatic carbocycles. The largest absolute Gasteiger partial charge is 0.416 e. The average molecular weight is 471 g/mol. The van der Waals surface area contributed by atoms with E-state index in [2.05, 4.69) is 27.7 Å². The van der Waals surface area contributed by atoms with E-state index in [4.69, 9.17) is 0 Å². The van der Waals surface area contributed by atoms with Crippen LogP contribution in [0.3, 0.4) is 0 Å². The topological polar surface area (TPSA) is 20.2 Å². The second kappa shape index (κ2) is 9.00. The van der Waals surface area contributed by atoms with Gasteiger partial charge in [-0.05, 0) is 130 Å². The van der Waals surface area contributed by atoms with Gasteiger partial charge in [0.15, 0.2) is 5.60 Å². The van der Waals surface area contributed by atoms with E-state index in [1.54, 1.807) is 0 Å². The zero-order chi connectivity index (χ0) is 24.2. The summed E-state index contributed by atoms with van der Waals surface area (Å²) < 4.78 is 39.6. The summed E-state index contributed by atoms with van der Waals surface area (Å²) in [4.78, 5) is 0. The van der Waals surface area contributed by atoms with Crippen LogP contribution in [0.15, 0.2) is 0 Å². The highest BCUT2D eigenvalue weighted by Crippen LogP contribution is 2.68. The molecule has 0 radical (unpaired) electrons. The van der Waals surface area contributed by atoms with E-state index in [0.29, 0.717) is 17.8 Å². The molecule has 4 saturated carbocycles. The van der Waals surface area contributed by atoms with Crippen LogP contribution in [0.1, 0.15) is 118 Å². The fourth-order valence-electron chi connectivity index (χ4n) is 9.73. The molecule has 0 aromatic rings. The van der Waals surface area contributed by atoms with Gasteiger partial charge in [-0.25, -0.2) is 0 Å². The first-order chi connectivity index (χ1) is 15.3. The van der Waals surface area contributed by atoms with Gasteiger partial charge in [0.2, 0.25) is 0 Å². The minimum absolute atomic E-state index is 0.181. The molecule has 1 nitrogen and oxygen atoms in total. The maximum atomic E-state index is 13.2. The molecule has 33 heavy (non-hydrogen) atoms. The first kappa shape index (κ1) is 25.8. The third-order valence-corrected chi connectivity index (χ3v) is 12.1. The second-order valence-corrected chi connectivity index (χ2v) is 13.6. The number of rotatable bonds is 5. The van der Waals surface area contributed by atoms with Crippen molar-refractivity contribution < 1.29 is 18.3 Å². The van der Waals surface area contributed by atoms with Crippen LogP contribution in [0, 0.1) is 52.3 Å². The van der Waals surface area contributed by atoms with Crippen molar-refractivity contribution in [1.29, 1.82) is 0 Å². The van der Waals surface area contributed by atoms with Crippen molar-refractivity contribution in [3.05, 3.63) is 0 Å². The Balaban J connectivity index is 1.46. The van der Waals surface area contributed by atoms with Crippen molar-refractivity contribution in [3.63, 3.8) is 0 Å². The van der Waals surface area contributed by atoms with Crippen LogP contribution in [0.5, 0.6) is 0 Å². The minimum atomic E-state index is -4.55. The highest BCUT2D eigenvalue weighted by Gasteiger charge is 2.60. The molecule has 0 aromatic heterocycles. The fourth-order valence-corrected chi connectivity index (χ4v) is 9.73. The minimum Gasteiger partial charge on any atom is -0.381 e. The smallest absolute Gasteiger partial charge is 0.381 e. The van der Waals surface area contributed by atoms with Gasteiger partial charge < -0.3 is 5.11 Å². The summed E-state index contributed by atoms with van der Waals surface area (Å²) in [5.41, 5.74) is -1.80. The van der Waals surface area contributed by atoms with Gasteiger partial charge in [0.25, 0.3) is 0 Å². The Bertz CT molecular complexity index is 687. The second-order valence-electron chi connectivity index (χ2n) is 13.6. The number of fused-ring (bicyclic) bond motifs is 5. The Morgan fingerprint density at radius 2 is 1.52 bits per heavy atom. The summed E-state index contributed by atoms with van der Waals surface area (Å²) in [6, 6.07) is 0. The lowest BCUT2D eigenvalue weighted by atomic mass is 9.46. The van der Waals surface area contributed by atoms with Gasteiger partial charge in [0.1, 0.15) is 0 Å². The number of aliphatic hydroxyl groups is 1. The molecule has 4 rings (SSSR count). The summed E-state index contributed by atoms with van der Waals surface area (Å²) in [5.74, 6) is 4.97. The third kappa shape index (κ3) is 4.42. The first-order valence-electron chi connectivity index (χ1n) is 14.1. The van der Waals surface area contributed by atoms with Gasteiger partial charge in [-0.3, -0.25) is 0 Å². The van der Waals surface area contributed by atoms with Gasteiger partial charge in [-0.2, -0.15) is 13.2 Å². The Morgan fingerprint density at radius 1 is 0.879 bits per heavy atom. The molecule has 10 atom stereocenters. The maximum Gasteiger partial charge on any atom is 0.416 e. The van der Waals surface area contributed by atoms with Crippen LogP contribution >= 0.6 is 0 Å². The van der Waals surface area contributed by atoms with Crippen LogP contribution in [0.4, 0.5) is 13.2 Å². The van der Waals surface area contributed by atoms with E-state index in [9.17, 15) is 18.3 Å². The third-order valence-electron chi connectivity index (χ3n) is 12.1. The zero-order valence-corrected chi connectivity index (χ0v) is 21.8. The lowest BCUT2D eigenvalue weighted by molar-refractivity contribution is -0.256. The highest BCUT2D eigenvalue weighted by atomic mass is 19.4.